The van der Waals surface area contributed by atoms with E-state index in [0.717, 1.165) is 11.3 Å². The molecule has 4 nitrogen and oxygen atoms in total. The van der Waals surface area contributed by atoms with Crippen molar-refractivity contribution in [3.8, 4) is 5.75 Å². The SMILES string of the molecule is COc1cccc(CN[C@H](C)C(=O)Nc2cc(Cl)c(Cl)cc2Cl)c1. The van der Waals surface area contributed by atoms with Crippen molar-refractivity contribution in [2.45, 2.75) is 19.5 Å². The predicted molar refractivity (Wildman–Crippen MR) is 99.4 cm³/mol. The van der Waals surface area contributed by atoms with Crippen molar-refractivity contribution in [3.63, 3.8) is 0 Å². The molecule has 0 saturated heterocycles. The van der Waals surface area contributed by atoms with E-state index < -0.39 is 6.04 Å². The average molecular weight is 388 g/mol. The summed E-state index contributed by atoms with van der Waals surface area (Å²) in [4.78, 5) is 12.3. The predicted octanol–water partition coefficient (Wildman–Crippen LogP) is 4.77. The molecule has 2 rings (SSSR count). The van der Waals surface area contributed by atoms with Crippen molar-refractivity contribution in [2.24, 2.45) is 0 Å². The zero-order valence-electron chi connectivity index (χ0n) is 13.2. The Kier molecular flexibility index (Phi) is 6.75. The van der Waals surface area contributed by atoms with Gasteiger partial charge in [0.1, 0.15) is 5.75 Å². The number of rotatable bonds is 6. The zero-order valence-corrected chi connectivity index (χ0v) is 15.5. The summed E-state index contributed by atoms with van der Waals surface area (Å²) in [5.74, 6) is 0.548. The van der Waals surface area contributed by atoms with Gasteiger partial charge in [0.25, 0.3) is 0 Å². The van der Waals surface area contributed by atoms with E-state index in [4.69, 9.17) is 39.5 Å². The van der Waals surface area contributed by atoms with Crippen LogP contribution in [-0.2, 0) is 11.3 Å². The van der Waals surface area contributed by atoms with E-state index in [9.17, 15) is 4.79 Å². The Morgan fingerprint density at radius 1 is 1.12 bits per heavy atom. The fraction of sp³-hybridized carbons (Fsp3) is 0.235. The lowest BCUT2D eigenvalue weighted by atomic mass is 10.2. The molecule has 1 atom stereocenters. The minimum atomic E-state index is -0.429. The molecule has 2 aromatic carbocycles. The van der Waals surface area contributed by atoms with Crippen molar-refractivity contribution in [2.75, 3.05) is 12.4 Å². The highest BCUT2D eigenvalue weighted by Crippen LogP contribution is 2.32. The maximum atomic E-state index is 12.3. The Morgan fingerprint density at radius 3 is 2.54 bits per heavy atom. The highest BCUT2D eigenvalue weighted by atomic mass is 35.5. The molecule has 0 aromatic heterocycles. The minimum absolute atomic E-state index is 0.224. The third-order valence-corrected chi connectivity index (χ3v) is 4.44. The first kappa shape index (κ1) is 18.9. The van der Waals surface area contributed by atoms with Crippen LogP contribution >= 0.6 is 34.8 Å². The molecule has 24 heavy (non-hydrogen) atoms. The molecule has 1 amide bonds. The van der Waals surface area contributed by atoms with Crippen molar-refractivity contribution in [3.05, 3.63) is 57.0 Å². The summed E-state index contributed by atoms with van der Waals surface area (Å²) >= 11 is 17.9. The van der Waals surface area contributed by atoms with Gasteiger partial charge in [-0.3, -0.25) is 4.79 Å². The highest BCUT2D eigenvalue weighted by Gasteiger charge is 2.15. The maximum absolute atomic E-state index is 12.3. The lowest BCUT2D eigenvalue weighted by Crippen LogP contribution is -2.37. The molecule has 7 heteroatoms. The molecule has 128 valence electrons. The van der Waals surface area contributed by atoms with E-state index in [1.807, 2.05) is 24.3 Å². The van der Waals surface area contributed by atoms with Gasteiger partial charge >= 0.3 is 0 Å². The van der Waals surface area contributed by atoms with Crippen molar-refractivity contribution >= 4 is 46.4 Å². The van der Waals surface area contributed by atoms with Crippen LogP contribution in [0.15, 0.2) is 36.4 Å². The summed E-state index contributed by atoms with van der Waals surface area (Å²) in [6.45, 7) is 2.29. The lowest BCUT2D eigenvalue weighted by Gasteiger charge is -2.15. The van der Waals surface area contributed by atoms with Crippen LogP contribution in [0.2, 0.25) is 15.1 Å². The van der Waals surface area contributed by atoms with Gasteiger partial charge in [-0.2, -0.15) is 0 Å². The topological polar surface area (TPSA) is 50.4 Å². The van der Waals surface area contributed by atoms with Crippen LogP contribution in [0.3, 0.4) is 0 Å². The summed E-state index contributed by atoms with van der Waals surface area (Å²) in [6, 6.07) is 10.2. The Balaban J connectivity index is 1.96. The Bertz CT molecular complexity index is 738. The number of methoxy groups -OCH3 is 1. The van der Waals surface area contributed by atoms with Crippen molar-refractivity contribution in [1.29, 1.82) is 0 Å². The second-order valence-electron chi connectivity index (χ2n) is 5.19. The molecule has 0 heterocycles. The Morgan fingerprint density at radius 2 is 1.83 bits per heavy atom. The number of halogens is 3. The molecule has 0 bridgehead atoms. The van der Waals surface area contributed by atoms with Crippen molar-refractivity contribution < 1.29 is 9.53 Å². The summed E-state index contributed by atoms with van der Waals surface area (Å²) in [7, 11) is 1.61. The Labute approximate surface area is 156 Å². The van der Waals surface area contributed by atoms with E-state index in [2.05, 4.69) is 10.6 Å². The van der Waals surface area contributed by atoms with Gasteiger partial charge in [-0.1, -0.05) is 46.9 Å². The van der Waals surface area contributed by atoms with Gasteiger partial charge in [0.05, 0.1) is 33.9 Å². The molecule has 0 aliphatic carbocycles. The zero-order chi connectivity index (χ0) is 17.7. The van der Waals surface area contributed by atoms with Crippen LogP contribution in [-0.4, -0.2) is 19.1 Å². The van der Waals surface area contributed by atoms with E-state index in [-0.39, 0.29) is 5.91 Å². The number of carbonyl (C=O) groups excluding carboxylic acids is 1. The Hall–Kier alpha value is -1.46. The quantitative estimate of drug-likeness (QED) is 0.702. The van der Waals surface area contributed by atoms with Gasteiger partial charge < -0.3 is 15.4 Å². The van der Waals surface area contributed by atoms with E-state index >= 15 is 0 Å². The molecule has 0 fully saturated rings. The summed E-state index contributed by atoms with van der Waals surface area (Å²) < 4.78 is 5.18. The molecule has 0 saturated carbocycles. The lowest BCUT2D eigenvalue weighted by molar-refractivity contribution is -0.117. The molecule has 0 aliphatic rings. The number of carbonyl (C=O) groups is 1. The van der Waals surface area contributed by atoms with E-state index in [1.54, 1.807) is 14.0 Å². The van der Waals surface area contributed by atoms with Crippen LogP contribution in [0.4, 0.5) is 5.69 Å². The number of hydrogen-bond acceptors (Lipinski definition) is 3. The third kappa shape index (κ3) is 5.02. The molecule has 0 unspecified atom stereocenters. The molecule has 2 aromatic rings. The largest absolute Gasteiger partial charge is 0.497 e. The number of nitrogens with one attached hydrogen (secondary N) is 2. The number of hydrogen-bond donors (Lipinski definition) is 2. The molecular formula is C17H17Cl3N2O2. The standard InChI is InChI=1S/C17H17Cl3N2O2/c1-10(21-9-11-4-3-5-12(6-11)24-2)17(23)22-16-8-14(19)13(18)7-15(16)20/h3-8,10,21H,9H2,1-2H3,(H,22,23)/t10-/m1/s1. The van der Waals surface area contributed by atoms with Gasteiger partial charge in [-0.15, -0.1) is 0 Å². The number of benzene rings is 2. The van der Waals surface area contributed by atoms with Gasteiger partial charge in [0, 0.05) is 6.54 Å². The number of ether oxygens (including phenoxy) is 1. The minimum Gasteiger partial charge on any atom is -0.497 e. The molecule has 0 spiro atoms. The molecule has 0 radical (unpaired) electrons. The first-order valence-corrected chi connectivity index (χ1v) is 8.36. The third-order valence-electron chi connectivity index (χ3n) is 3.41. The first-order chi connectivity index (χ1) is 11.4. The van der Waals surface area contributed by atoms with Gasteiger partial charge in [0.15, 0.2) is 0 Å². The van der Waals surface area contributed by atoms with Crippen molar-refractivity contribution in [1.82, 2.24) is 5.32 Å². The number of amides is 1. The smallest absolute Gasteiger partial charge is 0.241 e. The summed E-state index contributed by atoms with van der Waals surface area (Å²) in [5, 5.41) is 6.88. The monoisotopic (exact) mass is 386 g/mol. The van der Waals surface area contributed by atoms with Gasteiger partial charge in [-0.25, -0.2) is 0 Å². The first-order valence-electron chi connectivity index (χ1n) is 7.22. The second kappa shape index (κ2) is 8.58. The van der Waals surface area contributed by atoms with E-state index in [1.165, 1.54) is 12.1 Å². The molecular weight excluding hydrogens is 371 g/mol. The average Bonchev–Trinajstić information content (AvgIpc) is 2.57. The fourth-order valence-corrected chi connectivity index (χ4v) is 2.60. The van der Waals surface area contributed by atoms with Crippen LogP contribution in [0, 0.1) is 0 Å². The fourth-order valence-electron chi connectivity index (χ4n) is 2.01. The van der Waals surface area contributed by atoms with Crippen LogP contribution in [0.25, 0.3) is 0 Å². The second-order valence-corrected chi connectivity index (χ2v) is 6.41. The van der Waals surface area contributed by atoms with Crippen LogP contribution in [0.1, 0.15) is 12.5 Å². The number of anilines is 1. The highest BCUT2D eigenvalue weighted by molar-refractivity contribution is 6.44. The summed E-state index contributed by atoms with van der Waals surface area (Å²) in [6.07, 6.45) is 0. The van der Waals surface area contributed by atoms with Gasteiger partial charge in [-0.05, 0) is 36.8 Å². The molecule has 2 N–H and O–H groups in total. The normalized spacial score (nSPS) is 11.9. The van der Waals surface area contributed by atoms with Crippen LogP contribution in [0.5, 0.6) is 5.75 Å². The van der Waals surface area contributed by atoms with Crippen LogP contribution < -0.4 is 15.4 Å². The maximum Gasteiger partial charge on any atom is 0.241 e. The molecule has 0 aliphatic heterocycles. The van der Waals surface area contributed by atoms with E-state index in [0.29, 0.717) is 27.3 Å². The summed E-state index contributed by atoms with van der Waals surface area (Å²) in [5.41, 5.74) is 1.44. The van der Waals surface area contributed by atoms with Gasteiger partial charge in [0.2, 0.25) is 5.91 Å².